The molecular weight excluding hydrogens is 176 g/mol. The fraction of sp³-hybridized carbons (Fsp3) is 1.00. The van der Waals surface area contributed by atoms with Crippen molar-refractivity contribution in [3.63, 3.8) is 0 Å². The van der Waals surface area contributed by atoms with Crippen LogP contribution in [0.25, 0.3) is 0 Å². The van der Waals surface area contributed by atoms with E-state index >= 15 is 0 Å². The van der Waals surface area contributed by atoms with E-state index in [1.54, 1.807) is 0 Å². The smallest absolute Gasteiger partial charge is 0.0596 e. The molecule has 0 aliphatic heterocycles. The van der Waals surface area contributed by atoms with Gasteiger partial charge in [0, 0.05) is 12.6 Å². The topological polar surface area (TPSA) is 38.5 Å². The summed E-state index contributed by atoms with van der Waals surface area (Å²) in [6.45, 7) is 9.13. The van der Waals surface area contributed by atoms with Crippen molar-refractivity contribution in [2.45, 2.75) is 45.8 Å². The molecule has 0 aliphatic rings. The maximum Gasteiger partial charge on any atom is 0.0596 e. The van der Waals surface area contributed by atoms with Gasteiger partial charge in [0.2, 0.25) is 0 Å². The third-order valence-electron chi connectivity index (χ3n) is 2.33. The minimum Gasteiger partial charge on any atom is -0.377 e. The Hall–Kier alpha value is -0.120. The minimum atomic E-state index is 0.335. The van der Waals surface area contributed by atoms with E-state index in [-0.39, 0.29) is 0 Å². The highest BCUT2D eigenvalue weighted by Crippen LogP contribution is 1.96. The van der Waals surface area contributed by atoms with Gasteiger partial charge in [-0.1, -0.05) is 6.92 Å². The zero-order valence-electron chi connectivity index (χ0n) is 10.1. The summed E-state index contributed by atoms with van der Waals surface area (Å²) in [5.74, 6) is 0. The number of likely N-dealkylation sites (N-methyl/N-ethyl adjacent to an activating group) is 1. The lowest BCUT2D eigenvalue weighted by atomic mass is 10.2. The highest BCUT2D eigenvalue weighted by molar-refractivity contribution is 4.61. The van der Waals surface area contributed by atoms with Crippen LogP contribution in [-0.2, 0) is 4.74 Å². The Morgan fingerprint density at radius 2 is 1.93 bits per heavy atom. The van der Waals surface area contributed by atoms with E-state index < -0.39 is 0 Å². The van der Waals surface area contributed by atoms with Crippen molar-refractivity contribution in [3.8, 4) is 0 Å². The molecule has 0 rings (SSSR count). The molecule has 0 saturated carbocycles. The molecule has 0 bridgehead atoms. The normalized spacial score (nSPS) is 13.9. The molecule has 0 amide bonds. The second-order valence-corrected chi connectivity index (χ2v) is 4.18. The van der Waals surface area contributed by atoms with Crippen LogP contribution < -0.4 is 5.73 Å². The standard InChI is InChI=1S/C11H26N2O/c1-5-11(12)6-7-13(4)8-9-14-10(2)3/h10-11H,5-9,12H2,1-4H3. The summed E-state index contributed by atoms with van der Waals surface area (Å²) in [4.78, 5) is 2.28. The molecule has 0 aromatic rings. The van der Waals surface area contributed by atoms with Crippen molar-refractivity contribution in [2.24, 2.45) is 5.73 Å². The van der Waals surface area contributed by atoms with E-state index in [1.165, 1.54) is 0 Å². The lowest BCUT2D eigenvalue weighted by Crippen LogP contribution is -2.30. The highest BCUT2D eigenvalue weighted by Gasteiger charge is 2.03. The van der Waals surface area contributed by atoms with Crippen LogP contribution >= 0.6 is 0 Å². The number of hydrogen-bond donors (Lipinski definition) is 1. The maximum absolute atomic E-state index is 5.84. The molecule has 0 heterocycles. The van der Waals surface area contributed by atoms with Gasteiger partial charge in [-0.2, -0.15) is 0 Å². The fourth-order valence-corrected chi connectivity index (χ4v) is 1.15. The summed E-state index contributed by atoms with van der Waals surface area (Å²) in [6, 6.07) is 0.350. The number of nitrogens with zero attached hydrogens (tertiary/aromatic N) is 1. The molecule has 1 atom stereocenters. The average Bonchev–Trinajstić information content (AvgIpc) is 2.13. The molecule has 0 aromatic carbocycles. The summed E-state index contributed by atoms with van der Waals surface area (Å²) < 4.78 is 5.47. The number of nitrogens with two attached hydrogens (primary N) is 1. The first kappa shape index (κ1) is 13.9. The van der Waals surface area contributed by atoms with Gasteiger partial charge in [0.05, 0.1) is 12.7 Å². The molecule has 0 aliphatic carbocycles. The Bertz CT molecular complexity index is 128. The second kappa shape index (κ2) is 8.21. The van der Waals surface area contributed by atoms with Crippen LogP contribution in [0.1, 0.15) is 33.6 Å². The molecule has 0 fully saturated rings. The zero-order chi connectivity index (χ0) is 11.0. The van der Waals surface area contributed by atoms with Crippen LogP contribution in [0.3, 0.4) is 0 Å². The zero-order valence-corrected chi connectivity index (χ0v) is 10.1. The molecule has 0 aromatic heterocycles. The Labute approximate surface area is 88.6 Å². The van der Waals surface area contributed by atoms with Crippen LogP contribution in [0.15, 0.2) is 0 Å². The Kier molecular flexibility index (Phi) is 8.14. The summed E-state index contributed by atoms with van der Waals surface area (Å²) in [5.41, 5.74) is 5.84. The molecule has 14 heavy (non-hydrogen) atoms. The van der Waals surface area contributed by atoms with Crippen LogP contribution in [0.5, 0.6) is 0 Å². The van der Waals surface area contributed by atoms with Crippen molar-refractivity contribution in [2.75, 3.05) is 26.7 Å². The molecule has 0 spiro atoms. The third kappa shape index (κ3) is 8.48. The van der Waals surface area contributed by atoms with Gasteiger partial charge in [0.25, 0.3) is 0 Å². The first-order chi connectivity index (χ1) is 6.56. The van der Waals surface area contributed by atoms with Gasteiger partial charge in [-0.25, -0.2) is 0 Å². The molecule has 1 unspecified atom stereocenters. The predicted molar refractivity (Wildman–Crippen MR) is 61.5 cm³/mol. The summed E-state index contributed by atoms with van der Waals surface area (Å²) in [7, 11) is 2.12. The maximum atomic E-state index is 5.84. The van der Waals surface area contributed by atoms with Crippen molar-refractivity contribution < 1.29 is 4.74 Å². The fourth-order valence-electron chi connectivity index (χ4n) is 1.15. The van der Waals surface area contributed by atoms with Gasteiger partial charge in [0.15, 0.2) is 0 Å². The van der Waals surface area contributed by atoms with E-state index in [9.17, 15) is 0 Å². The number of rotatable bonds is 8. The van der Waals surface area contributed by atoms with Crippen LogP contribution in [0, 0.1) is 0 Å². The third-order valence-corrected chi connectivity index (χ3v) is 2.33. The predicted octanol–water partition coefficient (Wildman–Crippen LogP) is 1.47. The molecule has 86 valence electrons. The van der Waals surface area contributed by atoms with Crippen LogP contribution in [0.2, 0.25) is 0 Å². The van der Waals surface area contributed by atoms with Gasteiger partial charge >= 0.3 is 0 Å². The average molecular weight is 202 g/mol. The highest BCUT2D eigenvalue weighted by atomic mass is 16.5. The first-order valence-corrected chi connectivity index (χ1v) is 5.62. The molecule has 3 heteroatoms. The molecule has 3 nitrogen and oxygen atoms in total. The molecule has 2 N–H and O–H groups in total. The summed E-state index contributed by atoms with van der Waals surface area (Å²) in [6.07, 6.45) is 2.48. The summed E-state index contributed by atoms with van der Waals surface area (Å²) >= 11 is 0. The lowest BCUT2D eigenvalue weighted by molar-refractivity contribution is 0.0634. The molecule has 0 saturated heterocycles. The van der Waals surface area contributed by atoms with Crippen LogP contribution in [0.4, 0.5) is 0 Å². The monoisotopic (exact) mass is 202 g/mol. The van der Waals surface area contributed by atoms with Crippen molar-refractivity contribution in [3.05, 3.63) is 0 Å². The van der Waals surface area contributed by atoms with E-state index in [0.29, 0.717) is 12.1 Å². The van der Waals surface area contributed by atoms with E-state index in [2.05, 4.69) is 32.7 Å². The van der Waals surface area contributed by atoms with Gasteiger partial charge in [0.1, 0.15) is 0 Å². The van der Waals surface area contributed by atoms with Crippen LogP contribution in [-0.4, -0.2) is 43.8 Å². The van der Waals surface area contributed by atoms with Gasteiger partial charge in [-0.05, 0) is 40.3 Å². The van der Waals surface area contributed by atoms with Crippen molar-refractivity contribution in [1.29, 1.82) is 0 Å². The number of hydrogen-bond acceptors (Lipinski definition) is 3. The first-order valence-electron chi connectivity index (χ1n) is 5.62. The minimum absolute atomic E-state index is 0.335. The Balaban J connectivity index is 3.32. The van der Waals surface area contributed by atoms with Crippen molar-refractivity contribution in [1.82, 2.24) is 4.90 Å². The number of ether oxygens (including phenoxy) is 1. The van der Waals surface area contributed by atoms with E-state index in [4.69, 9.17) is 10.5 Å². The molecule has 0 radical (unpaired) electrons. The Morgan fingerprint density at radius 1 is 1.29 bits per heavy atom. The van der Waals surface area contributed by atoms with Gasteiger partial charge in [-0.15, -0.1) is 0 Å². The lowest BCUT2D eigenvalue weighted by Gasteiger charge is -2.19. The van der Waals surface area contributed by atoms with E-state index in [0.717, 1.165) is 32.5 Å². The van der Waals surface area contributed by atoms with Crippen molar-refractivity contribution >= 4 is 0 Å². The quantitative estimate of drug-likeness (QED) is 0.648. The Morgan fingerprint density at radius 3 is 2.43 bits per heavy atom. The largest absolute Gasteiger partial charge is 0.377 e. The summed E-state index contributed by atoms with van der Waals surface area (Å²) in [5, 5.41) is 0. The SMILES string of the molecule is CCC(N)CCN(C)CCOC(C)C. The van der Waals surface area contributed by atoms with Gasteiger partial charge in [-0.3, -0.25) is 0 Å². The van der Waals surface area contributed by atoms with Gasteiger partial charge < -0.3 is 15.4 Å². The second-order valence-electron chi connectivity index (χ2n) is 4.18. The molecular formula is C11H26N2O. The van der Waals surface area contributed by atoms with E-state index in [1.807, 2.05) is 0 Å².